The van der Waals surface area contributed by atoms with Gasteiger partial charge in [-0.1, -0.05) is 12.8 Å². The van der Waals surface area contributed by atoms with Gasteiger partial charge >= 0.3 is 0 Å². The Hall–Kier alpha value is -0.0800. The summed E-state index contributed by atoms with van der Waals surface area (Å²) < 4.78 is 0. The predicted molar refractivity (Wildman–Crippen MR) is 50.8 cm³/mol. The Morgan fingerprint density at radius 1 is 1.17 bits per heavy atom. The van der Waals surface area contributed by atoms with Gasteiger partial charge in [-0.25, -0.2) is 0 Å². The van der Waals surface area contributed by atoms with E-state index in [4.69, 9.17) is 5.73 Å². The average Bonchev–Trinajstić information content (AvgIpc) is 2.34. The molecule has 1 aliphatic rings. The van der Waals surface area contributed by atoms with Crippen molar-refractivity contribution in [3.8, 4) is 0 Å². The second-order valence-electron chi connectivity index (χ2n) is 4.85. The van der Waals surface area contributed by atoms with Crippen molar-refractivity contribution in [2.45, 2.75) is 57.6 Å². The fourth-order valence-electron chi connectivity index (χ4n) is 2.01. The van der Waals surface area contributed by atoms with Crippen LogP contribution in [0.3, 0.4) is 0 Å². The molecule has 1 aliphatic carbocycles. The van der Waals surface area contributed by atoms with E-state index in [0.29, 0.717) is 5.92 Å². The van der Waals surface area contributed by atoms with Gasteiger partial charge in [-0.15, -0.1) is 0 Å². The van der Waals surface area contributed by atoms with Crippen molar-refractivity contribution in [2.24, 2.45) is 11.7 Å². The summed E-state index contributed by atoms with van der Waals surface area (Å²) in [5.74, 6) is 0.400. The molecule has 0 aromatic carbocycles. The van der Waals surface area contributed by atoms with Crippen molar-refractivity contribution in [1.29, 1.82) is 0 Å². The normalized spacial score (nSPS) is 25.8. The van der Waals surface area contributed by atoms with Gasteiger partial charge in [0.15, 0.2) is 0 Å². The van der Waals surface area contributed by atoms with E-state index in [2.05, 4.69) is 0 Å². The lowest BCUT2D eigenvalue weighted by Gasteiger charge is -2.41. The minimum Gasteiger partial charge on any atom is -0.388 e. The van der Waals surface area contributed by atoms with Crippen LogP contribution in [0.25, 0.3) is 0 Å². The largest absolute Gasteiger partial charge is 0.388 e. The molecule has 0 spiro atoms. The standard InChI is InChI=1S/C10H21NO/c1-9(2,11)10(3,12)8-6-4-5-7-8/h8,12H,4-7,11H2,1-3H3. The summed E-state index contributed by atoms with van der Waals surface area (Å²) in [7, 11) is 0. The maximum atomic E-state index is 10.2. The first-order valence-corrected chi connectivity index (χ1v) is 4.87. The molecule has 3 N–H and O–H groups in total. The van der Waals surface area contributed by atoms with Gasteiger partial charge in [0.1, 0.15) is 0 Å². The van der Waals surface area contributed by atoms with Gasteiger partial charge in [0, 0.05) is 5.54 Å². The second-order valence-corrected chi connectivity index (χ2v) is 4.85. The molecule has 0 aromatic heterocycles. The van der Waals surface area contributed by atoms with Crippen LogP contribution < -0.4 is 5.73 Å². The smallest absolute Gasteiger partial charge is 0.0820 e. The molecule has 1 unspecified atom stereocenters. The predicted octanol–water partition coefficient (Wildman–Crippen LogP) is 1.66. The molecule has 1 fully saturated rings. The molecule has 0 heterocycles. The van der Waals surface area contributed by atoms with Crippen molar-refractivity contribution in [2.75, 3.05) is 0 Å². The molecule has 0 saturated heterocycles. The number of aliphatic hydroxyl groups is 1. The lowest BCUT2D eigenvalue weighted by Crippen LogP contribution is -2.58. The van der Waals surface area contributed by atoms with E-state index in [1.54, 1.807) is 0 Å². The third-order valence-electron chi connectivity index (χ3n) is 3.45. The number of hydrogen-bond acceptors (Lipinski definition) is 2. The third kappa shape index (κ3) is 1.64. The summed E-state index contributed by atoms with van der Waals surface area (Å²) in [6.07, 6.45) is 4.76. The molecule has 1 atom stereocenters. The summed E-state index contributed by atoms with van der Waals surface area (Å²) in [6, 6.07) is 0. The number of nitrogens with two attached hydrogens (primary N) is 1. The van der Waals surface area contributed by atoms with E-state index in [1.165, 1.54) is 12.8 Å². The van der Waals surface area contributed by atoms with Crippen LogP contribution in [0, 0.1) is 5.92 Å². The van der Waals surface area contributed by atoms with E-state index >= 15 is 0 Å². The van der Waals surface area contributed by atoms with E-state index in [-0.39, 0.29) is 0 Å². The van der Waals surface area contributed by atoms with Gasteiger partial charge < -0.3 is 10.8 Å². The summed E-state index contributed by atoms with van der Waals surface area (Å²) in [5.41, 5.74) is 4.75. The lowest BCUT2D eigenvalue weighted by atomic mass is 9.74. The first-order chi connectivity index (χ1) is 5.36. The lowest BCUT2D eigenvalue weighted by molar-refractivity contribution is -0.0539. The highest BCUT2D eigenvalue weighted by atomic mass is 16.3. The Bertz CT molecular complexity index is 152. The highest BCUT2D eigenvalue weighted by molar-refractivity contribution is 4.99. The third-order valence-corrected chi connectivity index (χ3v) is 3.45. The molecule has 12 heavy (non-hydrogen) atoms. The second kappa shape index (κ2) is 3.00. The maximum absolute atomic E-state index is 10.2. The first kappa shape index (κ1) is 10.0. The van der Waals surface area contributed by atoms with Crippen molar-refractivity contribution in [1.82, 2.24) is 0 Å². The van der Waals surface area contributed by atoms with Crippen molar-refractivity contribution in [3.05, 3.63) is 0 Å². The van der Waals surface area contributed by atoms with Crippen LogP contribution in [-0.2, 0) is 0 Å². The minimum atomic E-state index is -0.705. The summed E-state index contributed by atoms with van der Waals surface area (Å²) in [4.78, 5) is 0. The molecule has 0 aromatic rings. The minimum absolute atomic E-state index is 0.400. The first-order valence-electron chi connectivity index (χ1n) is 4.87. The summed E-state index contributed by atoms with van der Waals surface area (Å²) in [5, 5.41) is 10.2. The average molecular weight is 171 g/mol. The Labute approximate surface area is 75.2 Å². The SMILES string of the molecule is CC(C)(N)C(C)(O)C1CCCC1. The Morgan fingerprint density at radius 2 is 1.58 bits per heavy atom. The van der Waals surface area contributed by atoms with Gasteiger partial charge in [0.2, 0.25) is 0 Å². The van der Waals surface area contributed by atoms with E-state index in [1.807, 2.05) is 20.8 Å². The fourth-order valence-corrected chi connectivity index (χ4v) is 2.01. The van der Waals surface area contributed by atoms with Crippen LogP contribution in [-0.4, -0.2) is 16.2 Å². The van der Waals surface area contributed by atoms with E-state index < -0.39 is 11.1 Å². The number of hydrogen-bond donors (Lipinski definition) is 2. The van der Waals surface area contributed by atoms with Gasteiger partial charge in [0.25, 0.3) is 0 Å². The van der Waals surface area contributed by atoms with Crippen LogP contribution in [0.4, 0.5) is 0 Å². The topological polar surface area (TPSA) is 46.2 Å². The van der Waals surface area contributed by atoms with Crippen LogP contribution in [0.15, 0.2) is 0 Å². The quantitative estimate of drug-likeness (QED) is 0.664. The van der Waals surface area contributed by atoms with E-state index in [9.17, 15) is 5.11 Å². The molecular weight excluding hydrogens is 150 g/mol. The molecular formula is C10H21NO. The molecule has 1 saturated carbocycles. The van der Waals surface area contributed by atoms with Gasteiger partial charge in [-0.3, -0.25) is 0 Å². The van der Waals surface area contributed by atoms with E-state index in [0.717, 1.165) is 12.8 Å². The van der Waals surface area contributed by atoms with Crippen molar-refractivity contribution in [3.63, 3.8) is 0 Å². The summed E-state index contributed by atoms with van der Waals surface area (Å²) in [6.45, 7) is 5.69. The van der Waals surface area contributed by atoms with Crippen molar-refractivity contribution < 1.29 is 5.11 Å². The Morgan fingerprint density at radius 3 is 1.92 bits per heavy atom. The maximum Gasteiger partial charge on any atom is 0.0820 e. The van der Waals surface area contributed by atoms with Gasteiger partial charge in [-0.05, 0) is 39.5 Å². The molecule has 1 rings (SSSR count). The molecule has 2 nitrogen and oxygen atoms in total. The molecule has 0 aliphatic heterocycles. The molecule has 2 heteroatoms. The van der Waals surface area contributed by atoms with Crippen LogP contribution in [0.1, 0.15) is 46.5 Å². The highest BCUT2D eigenvalue weighted by Gasteiger charge is 2.43. The zero-order valence-corrected chi connectivity index (χ0v) is 8.43. The van der Waals surface area contributed by atoms with Gasteiger partial charge in [0.05, 0.1) is 5.60 Å². The zero-order valence-electron chi connectivity index (χ0n) is 8.43. The van der Waals surface area contributed by atoms with Crippen LogP contribution >= 0.6 is 0 Å². The van der Waals surface area contributed by atoms with Gasteiger partial charge in [-0.2, -0.15) is 0 Å². The Kier molecular flexibility index (Phi) is 2.50. The molecule has 0 radical (unpaired) electrons. The summed E-state index contributed by atoms with van der Waals surface area (Å²) >= 11 is 0. The monoisotopic (exact) mass is 171 g/mol. The highest BCUT2D eigenvalue weighted by Crippen LogP contribution is 2.38. The Balaban J connectivity index is 2.69. The molecule has 72 valence electrons. The zero-order chi connectivity index (χ0) is 9.41. The fraction of sp³-hybridized carbons (Fsp3) is 1.00. The molecule has 0 amide bonds. The number of rotatable bonds is 2. The molecule has 0 bridgehead atoms. The van der Waals surface area contributed by atoms with Crippen LogP contribution in [0.2, 0.25) is 0 Å². The van der Waals surface area contributed by atoms with Crippen molar-refractivity contribution >= 4 is 0 Å². The van der Waals surface area contributed by atoms with Crippen LogP contribution in [0.5, 0.6) is 0 Å².